The molecule has 4 N–H and O–H groups in total. The van der Waals surface area contributed by atoms with E-state index in [1.165, 1.54) is 19.2 Å². The van der Waals surface area contributed by atoms with Crippen molar-refractivity contribution in [3.05, 3.63) is 23.8 Å². The minimum absolute atomic E-state index is 0.00912. The SMILES string of the molecule is COC(=O)c1ccc(N)c(S(N)(=O)=O)c1. The molecule has 0 saturated heterocycles. The van der Waals surface area contributed by atoms with Gasteiger partial charge in [0.25, 0.3) is 0 Å². The first kappa shape index (κ1) is 11.5. The number of carbonyl (C=O) groups excluding carboxylic acids is 1. The van der Waals surface area contributed by atoms with Crippen LogP contribution in [0.1, 0.15) is 10.4 Å². The molecule has 0 fully saturated rings. The summed E-state index contributed by atoms with van der Waals surface area (Å²) in [7, 11) is -2.74. The molecule has 15 heavy (non-hydrogen) atoms. The normalized spacial score (nSPS) is 11.1. The van der Waals surface area contributed by atoms with Crippen molar-refractivity contribution in [1.29, 1.82) is 0 Å². The van der Waals surface area contributed by atoms with Crippen LogP contribution in [0.2, 0.25) is 0 Å². The summed E-state index contributed by atoms with van der Waals surface area (Å²) in [6, 6.07) is 3.72. The van der Waals surface area contributed by atoms with Crippen LogP contribution in [0.4, 0.5) is 5.69 Å². The van der Waals surface area contributed by atoms with Crippen LogP contribution in [-0.2, 0) is 14.8 Å². The number of nitrogens with two attached hydrogens (primary N) is 2. The molecule has 0 heterocycles. The Hall–Kier alpha value is -1.60. The van der Waals surface area contributed by atoms with Crippen molar-refractivity contribution in [3.8, 4) is 0 Å². The van der Waals surface area contributed by atoms with Crippen molar-refractivity contribution in [2.75, 3.05) is 12.8 Å². The predicted octanol–water partition coefficient (Wildman–Crippen LogP) is -0.297. The standard InChI is InChI=1S/C8H10N2O4S/c1-14-8(11)5-2-3-6(9)7(4-5)15(10,12)13/h2-4H,9H2,1H3,(H2,10,12,13). The lowest BCUT2D eigenvalue weighted by molar-refractivity contribution is 0.0600. The molecular weight excluding hydrogens is 220 g/mol. The number of methoxy groups -OCH3 is 1. The molecule has 1 rings (SSSR count). The molecule has 0 aliphatic rings. The van der Waals surface area contributed by atoms with Crippen LogP contribution in [-0.4, -0.2) is 21.5 Å². The van der Waals surface area contributed by atoms with E-state index in [0.717, 1.165) is 6.07 Å². The van der Waals surface area contributed by atoms with Gasteiger partial charge in [-0.2, -0.15) is 0 Å². The van der Waals surface area contributed by atoms with E-state index in [1.807, 2.05) is 0 Å². The monoisotopic (exact) mass is 230 g/mol. The Morgan fingerprint density at radius 1 is 1.40 bits per heavy atom. The summed E-state index contributed by atoms with van der Waals surface area (Å²) in [5.74, 6) is -0.653. The summed E-state index contributed by atoms with van der Waals surface area (Å²) in [4.78, 5) is 10.8. The van der Waals surface area contributed by atoms with Crippen molar-refractivity contribution >= 4 is 21.7 Å². The summed E-state index contributed by atoms with van der Waals surface area (Å²) in [5.41, 5.74) is 5.48. The lowest BCUT2D eigenvalue weighted by Gasteiger charge is -2.05. The molecule has 7 heteroatoms. The van der Waals surface area contributed by atoms with Gasteiger partial charge in [0.05, 0.1) is 18.4 Å². The zero-order valence-electron chi connectivity index (χ0n) is 7.93. The highest BCUT2D eigenvalue weighted by Gasteiger charge is 2.15. The van der Waals surface area contributed by atoms with Crippen LogP contribution in [0, 0.1) is 0 Å². The first-order valence-corrected chi connectivity index (χ1v) is 5.41. The van der Waals surface area contributed by atoms with Gasteiger partial charge < -0.3 is 10.5 Å². The number of ether oxygens (including phenoxy) is 1. The molecule has 0 bridgehead atoms. The van der Waals surface area contributed by atoms with Gasteiger partial charge in [0.1, 0.15) is 4.90 Å². The summed E-state index contributed by atoms with van der Waals surface area (Å²) >= 11 is 0. The smallest absolute Gasteiger partial charge is 0.337 e. The lowest BCUT2D eigenvalue weighted by atomic mass is 10.2. The highest BCUT2D eigenvalue weighted by molar-refractivity contribution is 7.89. The summed E-state index contributed by atoms with van der Waals surface area (Å²) in [5, 5.41) is 4.91. The van der Waals surface area contributed by atoms with Gasteiger partial charge >= 0.3 is 5.97 Å². The van der Waals surface area contributed by atoms with Crippen LogP contribution in [0.3, 0.4) is 0 Å². The van der Waals surface area contributed by atoms with E-state index in [1.54, 1.807) is 0 Å². The van der Waals surface area contributed by atoms with E-state index in [9.17, 15) is 13.2 Å². The minimum atomic E-state index is -3.93. The second-order valence-electron chi connectivity index (χ2n) is 2.79. The fourth-order valence-electron chi connectivity index (χ4n) is 1.03. The number of sulfonamides is 1. The number of hydrogen-bond acceptors (Lipinski definition) is 5. The average Bonchev–Trinajstić information content (AvgIpc) is 2.15. The van der Waals surface area contributed by atoms with Crippen molar-refractivity contribution in [2.24, 2.45) is 5.14 Å². The maximum Gasteiger partial charge on any atom is 0.337 e. The topological polar surface area (TPSA) is 112 Å². The summed E-state index contributed by atoms with van der Waals surface area (Å²) in [6.07, 6.45) is 0. The molecular formula is C8H10N2O4S. The Morgan fingerprint density at radius 3 is 2.47 bits per heavy atom. The van der Waals surface area contributed by atoms with E-state index in [-0.39, 0.29) is 16.1 Å². The molecule has 82 valence electrons. The number of esters is 1. The second-order valence-corrected chi connectivity index (χ2v) is 4.32. The van der Waals surface area contributed by atoms with E-state index in [0.29, 0.717) is 0 Å². The Bertz CT molecular complexity index is 495. The van der Waals surface area contributed by atoms with Gasteiger partial charge in [0.15, 0.2) is 0 Å². The van der Waals surface area contributed by atoms with Crippen LogP contribution in [0.15, 0.2) is 23.1 Å². The maximum atomic E-state index is 11.1. The van der Waals surface area contributed by atoms with Gasteiger partial charge in [-0.25, -0.2) is 18.4 Å². The summed E-state index contributed by atoms with van der Waals surface area (Å²) in [6.45, 7) is 0. The molecule has 0 aliphatic carbocycles. The van der Waals surface area contributed by atoms with Gasteiger partial charge in [-0.1, -0.05) is 0 Å². The van der Waals surface area contributed by atoms with Gasteiger partial charge in [0, 0.05) is 0 Å². The van der Waals surface area contributed by atoms with E-state index >= 15 is 0 Å². The van der Waals surface area contributed by atoms with Gasteiger partial charge in [-0.05, 0) is 18.2 Å². The largest absolute Gasteiger partial charge is 0.465 e. The third-order valence-corrected chi connectivity index (χ3v) is 2.71. The van der Waals surface area contributed by atoms with Crippen molar-refractivity contribution in [1.82, 2.24) is 0 Å². The highest BCUT2D eigenvalue weighted by Crippen LogP contribution is 2.18. The molecule has 0 amide bonds. The Morgan fingerprint density at radius 2 is 2.00 bits per heavy atom. The summed E-state index contributed by atoms with van der Waals surface area (Å²) < 4.78 is 26.6. The molecule has 0 atom stereocenters. The zero-order chi connectivity index (χ0) is 11.6. The Kier molecular flexibility index (Phi) is 2.96. The van der Waals surface area contributed by atoms with E-state index in [4.69, 9.17) is 10.9 Å². The van der Waals surface area contributed by atoms with Crippen LogP contribution in [0.5, 0.6) is 0 Å². The third-order valence-electron chi connectivity index (χ3n) is 1.74. The fourth-order valence-corrected chi connectivity index (χ4v) is 1.71. The molecule has 1 aromatic carbocycles. The fraction of sp³-hybridized carbons (Fsp3) is 0.125. The molecule has 6 nitrogen and oxygen atoms in total. The molecule has 0 unspecified atom stereocenters. The van der Waals surface area contributed by atoms with Crippen LogP contribution < -0.4 is 10.9 Å². The molecule has 0 spiro atoms. The van der Waals surface area contributed by atoms with Crippen LogP contribution >= 0.6 is 0 Å². The number of nitrogen functional groups attached to an aromatic ring is 1. The number of anilines is 1. The first-order valence-electron chi connectivity index (χ1n) is 3.87. The molecule has 0 radical (unpaired) electrons. The number of primary sulfonamides is 1. The van der Waals surface area contributed by atoms with Gasteiger partial charge in [0.2, 0.25) is 10.0 Å². The highest BCUT2D eigenvalue weighted by atomic mass is 32.2. The number of hydrogen-bond donors (Lipinski definition) is 2. The van der Waals surface area contributed by atoms with Crippen molar-refractivity contribution < 1.29 is 17.9 Å². The van der Waals surface area contributed by atoms with Gasteiger partial charge in [-0.15, -0.1) is 0 Å². The molecule has 0 saturated carbocycles. The first-order chi connectivity index (χ1) is 6.86. The average molecular weight is 230 g/mol. The molecule has 0 aliphatic heterocycles. The molecule has 1 aromatic rings. The minimum Gasteiger partial charge on any atom is -0.465 e. The van der Waals surface area contributed by atoms with Crippen LogP contribution in [0.25, 0.3) is 0 Å². The second kappa shape index (κ2) is 3.87. The quantitative estimate of drug-likeness (QED) is 0.535. The number of benzene rings is 1. The van der Waals surface area contributed by atoms with Gasteiger partial charge in [-0.3, -0.25) is 0 Å². The number of rotatable bonds is 2. The number of carbonyl (C=O) groups is 1. The molecule has 0 aromatic heterocycles. The van der Waals surface area contributed by atoms with Crippen molar-refractivity contribution in [2.45, 2.75) is 4.90 Å². The zero-order valence-corrected chi connectivity index (χ0v) is 8.74. The lowest BCUT2D eigenvalue weighted by Crippen LogP contribution is -2.15. The third kappa shape index (κ3) is 2.45. The predicted molar refractivity (Wildman–Crippen MR) is 53.6 cm³/mol. The van der Waals surface area contributed by atoms with E-state index < -0.39 is 16.0 Å². The van der Waals surface area contributed by atoms with E-state index in [2.05, 4.69) is 4.74 Å². The maximum absolute atomic E-state index is 11.1. The Labute approximate surface area is 86.9 Å². The van der Waals surface area contributed by atoms with Crippen molar-refractivity contribution in [3.63, 3.8) is 0 Å². The Balaban J connectivity index is 3.36.